The van der Waals surface area contributed by atoms with Gasteiger partial charge in [-0.05, 0) is 55.6 Å². The Labute approximate surface area is 180 Å². The molecule has 3 aliphatic rings. The molecule has 6 atom stereocenters. The zero-order chi connectivity index (χ0) is 21.1. The first-order valence-corrected chi connectivity index (χ1v) is 11.6. The summed E-state index contributed by atoms with van der Waals surface area (Å²) >= 11 is 0. The van der Waals surface area contributed by atoms with Gasteiger partial charge in [0.2, 0.25) is 0 Å². The second-order valence-corrected chi connectivity index (χ2v) is 8.98. The Kier molecular flexibility index (Phi) is 6.24. The highest BCUT2D eigenvalue weighted by Gasteiger charge is 2.59. The number of benzene rings is 2. The number of ether oxygens (including phenoxy) is 2. The molecular formula is C25H29O4P. The van der Waals surface area contributed by atoms with Gasteiger partial charge in [-0.2, -0.15) is 0 Å². The first-order chi connectivity index (χ1) is 14.6. The molecule has 0 amide bonds. The van der Waals surface area contributed by atoms with E-state index in [1.54, 1.807) is 24.3 Å². The SMILES string of the molecule is CCC1CC2(CP)CCC1C(OC(=O)c1ccccc1)C2OC(=O)c1ccccc1. The second-order valence-electron chi connectivity index (χ2n) is 8.57. The zero-order valence-corrected chi connectivity index (χ0v) is 18.5. The molecule has 6 unspecified atom stereocenters. The minimum absolute atomic E-state index is 0.174. The maximum atomic E-state index is 12.9. The van der Waals surface area contributed by atoms with E-state index in [0.29, 0.717) is 17.0 Å². The van der Waals surface area contributed by atoms with Gasteiger partial charge in [0.15, 0.2) is 0 Å². The van der Waals surface area contributed by atoms with Crippen LogP contribution in [0.15, 0.2) is 60.7 Å². The van der Waals surface area contributed by atoms with E-state index >= 15 is 0 Å². The summed E-state index contributed by atoms with van der Waals surface area (Å²) in [6.07, 6.45) is 4.00. The van der Waals surface area contributed by atoms with Gasteiger partial charge in [0, 0.05) is 11.3 Å². The van der Waals surface area contributed by atoms with E-state index in [1.807, 2.05) is 36.4 Å². The van der Waals surface area contributed by atoms with Gasteiger partial charge in [0.25, 0.3) is 0 Å². The topological polar surface area (TPSA) is 52.6 Å². The van der Waals surface area contributed by atoms with E-state index in [1.165, 1.54) is 0 Å². The van der Waals surface area contributed by atoms with Crippen molar-refractivity contribution in [1.29, 1.82) is 0 Å². The highest BCUT2D eigenvalue weighted by Crippen LogP contribution is 2.57. The lowest BCUT2D eigenvalue weighted by molar-refractivity contribution is -0.176. The fraction of sp³-hybridized carbons (Fsp3) is 0.440. The summed E-state index contributed by atoms with van der Waals surface area (Å²) in [6, 6.07) is 18.1. The molecule has 3 fully saturated rings. The van der Waals surface area contributed by atoms with Crippen LogP contribution in [-0.4, -0.2) is 30.3 Å². The molecular weight excluding hydrogens is 395 g/mol. The van der Waals surface area contributed by atoms with Gasteiger partial charge in [-0.3, -0.25) is 0 Å². The summed E-state index contributed by atoms with van der Waals surface area (Å²) in [7, 11) is 2.85. The fourth-order valence-electron chi connectivity index (χ4n) is 5.34. The molecule has 5 heteroatoms. The molecule has 0 aromatic heterocycles. The molecule has 0 spiro atoms. The molecule has 158 valence electrons. The number of fused-ring (bicyclic) bond motifs is 3. The number of hydrogen-bond acceptors (Lipinski definition) is 4. The third kappa shape index (κ3) is 3.90. The maximum Gasteiger partial charge on any atom is 0.338 e. The standard InChI is InChI=1S/C25H29O4P/c1-2-17-15-25(16-30)14-13-20(17)21(28-23(26)18-9-5-3-6-10-18)22(25)29-24(27)19-11-7-4-8-12-19/h3-12,17,20-22H,2,13-16,30H2,1H3. The number of carbonyl (C=O) groups is 2. The van der Waals surface area contributed by atoms with Crippen LogP contribution in [-0.2, 0) is 9.47 Å². The number of esters is 2. The quantitative estimate of drug-likeness (QED) is 0.476. The highest BCUT2D eigenvalue weighted by atomic mass is 31.0. The van der Waals surface area contributed by atoms with Crippen LogP contribution < -0.4 is 0 Å². The second kappa shape index (κ2) is 8.89. The van der Waals surface area contributed by atoms with Crippen LogP contribution in [0.4, 0.5) is 0 Å². The summed E-state index contributed by atoms with van der Waals surface area (Å²) < 4.78 is 12.2. The van der Waals surface area contributed by atoms with Crippen molar-refractivity contribution in [3.63, 3.8) is 0 Å². The lowest BCUT2D eigenvalue weighted by Crippen LogP contribution is -2.62. The maximum absolute atomic E-state index is 12.9. The van der Waals surface area contributed by atoms with Gasteiger partial charge in [-0.15, -0.1) is 9.24 Å². The monoisotopic (exact) mass is 424 g/mol. The Bertz CT molecular complexity index is 885. The predicted octanol–water partition coefficient (Wildman–Crippen LogP) is 5.14. The molecule has 5 rings (SSSR count). The first kappa shape index (κ1) is 21.1. The minimum Gasteiger partial charge on any atom is -0.454 e. The van der Waals surface area contributed by atoms with Crippen molar-refractivity contribution in [3.8, 4) is 0 Å². The van der Waals surface area contributed by atoms with E-state index in [9.17, 15) is 9.59 Å². The van der Waals surface area contributed by atoms with Gasteiger partial charge < -0.3 is 9.47 Å². The predicted molar refractivity (Wildman–Crippen MR) is 119 cm³/mol. The molecule has 30 heavy (non-hydrogen) atoms. The summed E-state index contributed by atoms with van der Waals surface area (Å²) in [4.78, 5) is 25.8. The van der Waals surface area contributed by atoms with Crippen molar-refractivity contribution in [2.45, 2.75) is 44.8 Å². The summed E-state index contributed by atoms with van der Waals surface area (Å²) in [6.45, 7) is 2.20. The molecule has 0 saturated heterocycles. The largest absolute Gasteiger partial charge is 0.454 e. The Morgan fingerprint density at radius 2 is 1.53 bits per heavy atom. The van der Waals surface area contributed by atoms with Crippen molar-refractivity contribution in [2.24, 2.45) is 17.3 Å². The van der Waals surface area contributed by atoms with Gasteiger partial charge >= 0.3 is 11.9 Å². The number of rotatable bonds is 6. The molecule has 3 aliphatic carbocycles. The van der Waals surface area contributed by atoms with Crippen molar-refractivity contribution in [2.75, 3.05) is 6.16 Å². The highest BCUT2D eigenvalue weighted by molar-refractivity contribution is 7.16. The molecule has 0 heterocycles. The van der Waals surface area contributed by atoms with Gasteiger partial charge in [-0.1, -0.05) is 49.7 Å². The Morgan fingerprint density at radius 3 is 2.07 bits per heavy atom. The first-order valence-electron chi connectivity index (χ1n) is 10.8. The van der Waals surface area contributed by atoms with Crippen molar-refractivity contribution < 1.29 is 19.1 Å². The van der Waals surface area contributed by atoms with Crippen molar-refractivity contribution in [1.82, 2.24) is 0 Å². The van der Waals surface area contributed by atoms with Crippen LogP contribution >= 0.6 is 9.24 Å². The van der Waals surface area contributed by atoms with E-state index in [4.69, 9.17) is 9.47 Å². The lowest BCUT2D eigenvalue weighted by atomic mass is 9.53. The van der Waals surface area contributed by atoms with E-state index in [0.717, 1.165) is 31.8 Å². The molecule has 0 aliphatic heterocycles. The van der Waals surface area contributed by atoms with Crippen LogP contribution in [0.5, 0.6) is 0 Å². The minimum atomic E-state index is -0.433. The van der Waals surface area contributed by atoms with Crippen LogP contribution in [0, 0.1) is 17.3 Å². The fourth-order valence-corrected chi connectivity index (χ4v) is 5.95. The van der Waals surface area contributed by atoms with Gasteiger partial charge in [0.1, 0.15) is 12.2 Å². The average molecular weight is 424 g/mol. The molecule has 4 nitrogen and oxygen atoms in total. The number of carbonyl (C=O) groups excluding carboxylic acids is 2. The third-order valence-corrected chi connectivity index (χ3v) is 7.81. The molecule has 2 bridgehead atoms. The van der Waals surface area contributed by atoms with E-state index in [2.05, 4.69) is 16.2 Å². The Morgan fingerprint density at radius 1 is 0.967 bits per heavy atom. The molecule has 3 saturated carbocycles. The molecule has 2 aromatic rings. The third-order valence-electron chi connectivity index (χ3n) is 7.00. The summed E-state index contributed by atoms with van der Waals surface area (Å²) in [5.41, 5.74) is 0.879. The normalized spacial score (nSPS) is 29.9. The Hall–Kier alpha value is -2.19. The van der Waals surface area contributed by atoms with Crippen LogP contribution in [0.1, 0.15) is 53.3 Å². The Balaban J connectivity index is 1.64. The van der Waals surface area contributed by atoms with E-state index < -0.39 is 12.2 Å². The van der Waals surface area contributed by atoms with Crippen molar-refractivity contribution in [3.05, 3.63) is 71.8 Å². The van der Waals surface area contributed by atoms with Gasteiger partial charge in [-0.25, -0.2) is 9.59 Å². The molecule has 0 radical (unpaired) electrons. The van der Waals surface area contributed by atoms with Crippen LogP contribution in [0.3, 0.4) is 0 Å². The van der Waals surface area contributed by atoms with Crippen molar-refractivity contribution >= 4 is 21.2 Å². The molecule has 0 N–H and O–H groups in total. The summed E-state index contributed by atoms with van der Waals surface area (Å²) in [5.74, 6) is -0.00309. The lowest BCUT2D eigenvalue weighted by Gasteiger charge is -2.57. The van der Waals surface area contributed by atoms with Crippen LogP contribution in [0.2, 0.25) is 0 Å². The zero-order valence-electron chi connectivity index (χ0n) is 17.3. The average Bonchev–Trinajstić information content (AvgIpc) is 2.81. The van der Waals surface area contributed by atoms with Gasteiger partial charge in [0.05, 0.1) is 11.1 Å². The molecule has 2 aromatic carbocycles. The van der Waals surface area contributed by atoms with E-state index in [-0.39, 0.29) is 23.3 Å². The van der Waals surface area contributed by atoms with Crippen LogP contribution in [0.25, 0.3) is 0 Å². The smallest absolute Gasteiger partial charge is 0.338 e. The summed E-state index contributed by atoms with van der Waals surface area (Å²) in [5, 5.41) is 0. The number of hydrogen-bond donors (Lipinski definition) is 0.